The summed E-state index contributed by atoms with van der Waals surface area (Å²) in [5.41, 5.74) is 0. The molecule has 0 aliphatic rings. The lowest BCUT2D eigenvalue weighted by atomic mass is 10.5. The van der Waals surface area contributed by atoms with E-state index in [4.69, 9.17) is 11.6 Å². The van der Waals surface area contributed by atoms with Crippen LogP contribution in [0.15, 0.2) is 0 Å². The normalized spacial score (nSPS) is 5.67. The first-order valence-electron chi connectivity index (χ1n) is 1.39. The molecule has 0 aromatic heterocycles. The molecule has 0 unspecified atom stereocenters. The first-order valence-corrected chi connectivity index (χ1v) is 1.77. The van der Waals surface area contributed by atoms with Crippen LogP contribution in [0.25, 0.3) is 0 Å². The summed E-state index contributed by atoms with van der Waals surface area (Å²) in [6.07, 6.45) is 0. The van der Waals surface area contributed by atoms with Gasteiger partial charge in [0, 0.05) is 12.3 Å². The highest BCUT2D eigenvalue weighted by Gasteiger charge is 1.73. The van der Waals surface area contributed by atoms with Gasteiger partial charge in [-0.3, -0.25) is 4.79 Å². The lowest BCUT2D eigenvalue weighted by molar-refractivity contribution is -0.111. The van der Waals surface area contributed by atoms with Gasteiger partial charge < -0.3 is 0 Å². The molecule has 32 valence electrons. The van der Waals surface area contributed by atoms with Gasteiger partial charge in [0.05, 0.1) is 0 Å². The lowest BCUT2D eigenvalue weighted by Crippen LogP contribution is -1.77. The second-order valence-corrected chi connectivity index (χ2v) is 0.965. The minimum Gasteiger partial charge on any atom is -0.285 e. The molecule has 0 heterocycles. The molecule has 0 aliphatic heterocycles. The van der Waals surface area contributed by atoms with Crippen molar-refractivity contribution in [2.45, 2.75) is 6.92 Å². The monoisotopic (exact) mass is 102 g/mol. The molecule has 0 spiro atoms. The Hall–Kier alpha value is -0.480. The molecule has 0 N–H and O–H groups in total. The molecule has 0 rings (SSSR count). The van der Waals surface area contributed by atoms with Crippen molar-refractivity contribution in [3.8, 4) is 11.3 Å². The maximum atomic E-state index is 9.79. The zero-order valence-corrected chi connectivity index (χ0v) is 4.04. The third kappa shape index (κ3) is 3.52. The quantitative estimate of drug-likeness (QED) is 0.413. The van der Waals surface area contributed by atoms with Crippen LogP contribution in [-0.4, -0.2) is 5.78 Å². The van der Waals surface area contributed by atoms with Crippen molar-refractivity contribution in [1.29, 1.82) is 0 Å². The summed E-state index contributed by atoms with van der Waals surface area (Å²) in [7, 11) is 0. The first kappa shape index (κ1) is 5.52. The van der Waals surface area contributed by atoms with Crippen molar-refractivity contribution < 1.29 is 4.79 Å². The zero-order valence-electron chi connectivity index (χ0n) is 3.29. The lowest BCUT2D eigenvalue weighted by Gasteiger charge is -1.60. The van der Waals surface area contributed by atoms with Crippen LogP contribution in [0.2, 0.25) is 0 Å². The second kappa shape index (κ2) is 2.74. The molecule has 0 aliphatic carbocycles. The van der Waals surface area contributed by atoms with Crippen LogP contribution in [0.1, 0.15) is 6.92 Å². The van der Waals surface area contributed by atoms with Gasteiger partial charge in [-0.05, 0) is 17.5 Å². The molecule has 0 saturated carbocycles. The third-order valence-corrected chi connectivity index (χ3v) is 0.318. The molecule has 0 radical (unpaired) electrons. The molecule has 2 heteroatoms. The van der Waals surface area contributed by atoms with Crippen LogP contribution in [0.5, 0.6) is 0 Å². The predicted octanol–water partition coefficient (Wildman–Crippen LogP) is 0.775. The van der Waals surface area contributed by atoms with E-state index in [2.05, 4.69) is 5.92 Å². The Labute approximate surface area is 41.3 Å². The van der Waals surface area contributed by atoms with E-state index in [1.54, 1.807) is 0 Å². The van der Waals surface area contributed by atoms with Crippen molar-refractivity contribution in [1.82, 2.24) is 0 Å². The minimum atomic E-state index is -0.204. The Morgan fingerprint density at radius 3 is 2.33 bits per heavy atom. The average Bonchev–Trinajstić information content (AvgIpc) is 1.35. The fourth-order valence-electron chi connectivity index (χ4n) is 0.0665. The minimum absolute atomic E-state index is 0.204. The van der Waals surface area contributed by atoms with E-state index < -0.39 is 0 Å². The Balaban J connectivity index is 3.50. The molecular formula is C4H3ClO. The zero-order chi connectivity index (χ0) is 4.99. The smallest absolute Gasteiger partial charge is 0.203 e. The Bertz CT molecular complexity index is 106. The molecular weight excluding hydrogens is 99.5 g/mol. The summed E-state index contributed by atoms with van der Waals surface area (Å²) in [6.45, 7) is 1.36. The summed E-state index contributed by atoms with van der Waals surface area (Å²) in [5.74, 6) is 1.88. The molecule has 0 aromatic carbocycles. The Morgan fingerprint density at radius 2 is 2.33 bits per heavy atom. The number of hydrogen-bond donors (Lipinski definition) is 0. The summed E-state index contributed by atoms with van der Waals surface area (Å²) in [5, 5.41) is 1.94. The number of carbonyl (C=O) groups is 1. The molecule has 0 aromatic rings. The van der Waals surface area contributed by atoms with Crippen LogP contribution in [0.3, 0.4) is 0 Å². The van der Waals surface area contributed by atoms with E-state index >= 15 is 0 Å². The van der Waals surface area contributed by atoms with Crippen LogP contribution in [-0.2, 0) is 4.79 Å². The van der Waals surface area contributed by atoms with E-state index in [0.717, 1.165) is 0 Å². The molecule has 0 saturated heterocycles. The van der Waals surface area contributed by atoms with Gasteiger partial charge in [0.25, 0.3) is 0 Å². The Morgan fingerprint density at radius 1 is 1.83 bits per heavy atom. The summed E-state index contributed by atoms with van der Waals surface area (Å²) in [4.78, 5) is 9.79. The summed E-state index contributed by atoms with van der Waals surface area (Å²) < 4.78 is 0. The molecule has 0 bridgehead atoms. The highest BCUT2D eigenvalue weighted by Crippen LogP contribution is 1.63. The maximum absolute atomic E-state index is 9.79. The van der Waals surface area contributed by atoms with Crippen molar-refractivity contribution in [2.75, 3.05) is 0 Å². The van der Waals surface area contributed by atoms with Gasteiger partial charge in [0.15, 0.2) is 0 Å². The first-order chi connectivity index (χ1) is 2.77. The van der Waals surface area contributed by atoms with Crippen molar-refractivity contribution in [2.24, 2.45) is 0 Å². The van der Waals surface area contributed by atoms with Crippen LogP contribution in [0.4, 0.5) is 0 Å². The SMILES string of the molecule is CC(=O)C#CCl. The number of halogens is 1. The topological polar surface area (TPSA) is 17.1 Å². The van der Waals surface area contributed by atoms with Crippen molar-refractivity contribution >= 4 is 17.4 Å². The number of hydrogen-bond acceptors (Lipinski definition) is 1. The number of rotatable bonds is 0. The van der Waals surface area contributed by atoms with Gasteiger partial charge in [-0.1, -0.05) is 0 Å². The molecule has 1 nitrogen and oxygen atoms in total. The number of carbonyl (C=O) groups excluding carboxylic acids is 1. The van der Waals surface area contributed by atoms with E-state index in [-0.39, 0.29) is 5.78 Å². The fraction of sp³-hybridized carbons (Fsp3) is 0.250. The molecule has 0 amide bonds. The van der Waals surface area contributed by atoms with E-state index in [9.17, 15) is 4.79 Å². The molecule has 0 atom stereocenters. The molecule has 6 heavy (non-hydrogen) atoms. The molecule has 0 fully saturated rings. The van der Waals surface area contributed by atoms with Gasteiger partial charge >= 0.3 is 0 Å². The largest absolute Gasteiger partial charge is 0.285 e. The number of Topliss-reactive ketones (excluding diaryl/α,β-unsaturated/α-hetero) is 1. The van der Waals surface area contributed by atoms with Gasteiger partial charge in [0.2, 0.25) is 5.78 Å². The Kier molecular flexibility index (Phi) is 2.52. The number of ketones is 1. The fourth-order valence-corrected chi connectivity index (χ4v) is 0.200. The van der Waals surface area contributed by atoms with Crippen LogP contribution < -0.4 is 0 Å². The maximum Gasteiger partial charge on any atom is 0.203 e. The highest BCUT2D eigenvalue weighted by molar-refractivity contribution is 6.31. The summed E-state index contributed by atoms with van der Waals surface area (Å²) >= 11 is 4.81. The highest BCUT2D eigenvalue weighted by atomic mass is 35.5. The summed E-state index contributed by atoms with van der Waals surface area (Å²) in [6, 6.07) is 0. The predicted molar refractivity (Wildman–Crippen MR) is 24.3 cm³/mol. The van der Waals surface area contributed by atoms with Crippen molar-refractivity contribution in [3.05, 3.63) is 0 Å². The van der Waals surface area contributed by atoms with E-state index in [0.29, 0.717) is 0 Å². The van der Waals surface area contributed by atoms with Crippen LogP contribution >= 0.6 is 11.6 Å². The average molecular weight is 103 g/mol. The second-order valence-electron chi connectivity index (χ2n) is 0.776. The van der Waals surface area contributed by atoms with Gasteiger partial charge in [-0.2, -0.15) is 0 Å². The van der Waals surface area contributed by atoms with Gasteiger partial charge in [-0.15, -0.1) is 0 Å². The van der Waals surface area contributed by atoms with Gasteiger partial charge in [-0.25, -0.2) is 0 Å². The van der Waals surface area contributed by atoms with Gasteiger partial charge in [0.1, 0.15) is 0 Å². The van der Waals surface area contributed by atoms with Crippen molar-refractivity contribution in [3.63, 3.8) is 0 Å². The van der Waals surface area contributed by atoms with Crippen LogP contribution in [0, 0.1) is 11.3 Å². The standard InChI is InChI=1S/C4H3ClO/c1-4(6)2-3-5/h1H3. The van der Waals surface area contributed by atoms with E-state index in [1.807, 2.05) is 5.38 Å². The van der Waals surface area contributed by atoms with E-state index in [1.165, 1.54) is 6.92 Å². The third-order valence-electron chi connectivity index (χ3n) is 0.223.